The van der Waals surface area contributed by atoms with Gasteiger partial charge in [0.05, 0.1) is 0 Å². The summed E-state index contributed by atoms with van der Waals surface area (Å²) in [5.41, 5.74) is 5.25. The zero-order valence-corrected chi connectivity index (χ0v) is 10.6. The molecule has 1 aliphatic heterocycles. The van der Waals surface area contributed by atoms with E-state index in [4.69, 9.17) is 5.73 Å². The molecule has 5 nitrogen and oxygen atoms in total. The Labute approximate surface area is 97.6 Å². The van der Waals surface area contributed by atoms with E-state index < -0.39 is 10.2 Å². The Bertz CT molecular complexity index is 351. The smallest absolute Gasteiger partial charge is 0.280 e. The Morgan fingerprint density at radius 3 is 2.69 bits per heavy atom. The van der Waals surface area contributed by atoms with Crippen LogP contribution in [0.2, 0.25) is 0 Å². The van der Waals surface area contributed by atoms with E-state index in [9.17, 15) is 8.42 Å². The highest BCUT2D eigenvalue weighted by atomic mass is 32.2. The topological polar surface area (TPSA) is 75.4 Å². The Kier molecular flexibility index (Phi) is 3.27. The fraction of sp³-hybridized carbons (Fsp3) is 1.00. The van der Waals surface area contributed by atoms with Crippen LogP contribution in [-0.2, 0) is 10.2 Å². The number of rotatable bonds is 4. The first-order valence-electron chi connectivity index (χ1n) is 5.97. The molecule has 3 N–H and O–H groups in total. The van der Waals surface area contributed by atoms with Gasteiger partial charge >= 0.3 is 0 Å². The van der Waals surface area contributed by atoms with Gasteiger partial charge in [-0.2, -0.15) is 17.4 Å². The van der Waals surface area contributed by atoms with E-state index in [-0.39, 0.29) is 5.54 Å². The molecule has 0 radical (unpaired) electrons. The molecule has 0 aromatic rings. The molecule has 2 aliphatic rings. The van der Waals surface area contributed by atoms with Gasteiger partial charge in [0.25, 0.3) is 10.2 Å². The molecule has 0 bridgehead atoms. The third kappa shape index (κ3) is 2.56. The van der Waals surface area contributed by atoms with Crippen LogP contribution in [0.25, 0.3) is 0 Å². The highest BCUT2D eigenvalue weighted by Crippen LogP contribution is 2.35. The van der Waals surface area contributed by atoms with Gasteiger partial charge in [-0.05, 0) is 31.6 Å². The molecule has 16 heavy (non-hydrogen) atoms. The van der Waals surface area contributed by atoms with Crippen LogP contribution >= 0.6 is 0 Å². The summed E-state index contributed by atoms with van der Waals surface area (Å²) in [5, 5.41) is 0. The quantitative estimate of drug-likeness (QED) is 0.737. The van der Waals surface area contributed by atoms with E-state index in [2.05, 4.69) is 11.6 Å². The second-order valence-corrected chi connectivity index (χ2v) is 6.87. The molecule has 1 atom stereocenters. The Morgan fingerprint density at radius 1 is 1.50 bits per heavy atom. The number of nitrogens with one attached hydrogen (secondary N) is 1. The van der Waals surface area contributed by atoms with Crippen LogP contribution in [0.4, 0.5) is 0 Å². The lowest BCUT2D eigenvalue weighted by molar-refractivity contribution is 0.276. The zero-order chi connectivity index (χ0) is 11.8. The van der Waals surface area contributed by atoms with Crippen LogP contribution in [0, 0.1) is 5.92 Å². The SMILES string of the molecule is CC1CCCN(S(=O)(=O)NC2(CN)CC2)C1. The lowest BCUT2D eigenvalue weighted by Crippen LogP contribution is -2.51. The van der Waals surface area contributed by atoms with Crippen molar-refractivity contribution in [3.63, 3.8) is 0 Å². The summed E-state index contributed by atoms with van der Waals surface area (Å²) >= 11 is 0. The van der Waals surface area contributed by atoms with Crippen molar-refractivity contribution < 1.29 is 8.42 Å². The molecule has 94 valence electrons. The first-order valence-corrected chi connectivity index (χ1v) is 7.41. The fourth-order valence-electron chi connectivity index (χ4n) is 2.20. The van der Waals surface area contributed by atoms with Gasteiger partial charge in [-0.1, -0.05) is 6.92 Å². The van der Waals surface area contributed by atoms with Gasteiger partial charge < -0.3 is 5.73 Å². The molecule has 1 unspecified atom stereocenters. The van der Waals surface area contributed by atoms with Crippen molar-refractivity contribution in [1.29, 1.82) is 0 Å². The second-order valence-electron chi connectivity index (χ2n) is 5.20. The van der Waals surface area contributed by atoms with E-state index >= 15 is 0 Å². The first kappa shape index (κ1) is 12.3. The van der Waals surface area contributed by atoms with Crippen LogP contribution in [0.5, 0.6) is 0 Å². The molecule has 0 aromatic heterocycles. The normalized spacial score (nSPS) is 30.2. The Morgan fingerprint density at radius 2 is 2.19 bits per heavy atom. The van der Waals surface area contributed by atoms with Gasteiger partial charge in [-0.3, -0.25) is 0 Å². The Balaban J connectivity index is 2.01. The molecule has 1 saturated carbocycles. The van der Waals surface area contributed by atoms with E-state index in [1.165, 1.54) is 0 Å². The number of hydrogen-bond donors (Lipinski definition) is 2. The molecule has 1 aliphatic carbocycles. The lowest BCUT2D eigenvalue weighted by Gasteiger charge is -2.31. The van der Waals surface area contributed by atoms with Gasteiger partial charge in [0.2, 0.25) is 0 Å². The molecule has 6 heteroatoms. The summed E-state index contributed by atoms with van der Waals surface area (Å²) in [5.74, 6) is 0.457. The average Bonchev–Trinajstić information content (AvgIpc) is 2.98. The fourth-order valence-corrected chi connectivity index (χ4v) is 3.99. The predicted molar refractivity (Wildman–Crippen MR) is 63.0 cm³/mol. The summed E-state index contributed by atoms with van der Waals surface area (Å²) in [6.45, 7) is 3.77. The molecule has 1 heterocycles. The summed E-state index contributed by atoms with van der Waals surface area (Å²) in [6, 6.07) is 0. The minimum Gasteiger partial charge on any atom is -0.329 e. The van der Waals surface area contributed by atoms with Crippen LogP contribution in [0.15, 0.2) is 0 Å². The number of nitrogens with zero attached hydrogens (tertiary/aromatic N) is 1. The van der Waals surface area contributed by atoms with Crippen LogP contribution in [-0.4, -0.2) is 37.9 Å². The van der Waals surface area contributed by atoms with Gasteiger partial charge in [0.15, 0.2) is 0 Å². The molecular formula is C10H21N3O2S. The molecular weight excluding hydrogens is 226 g/mol. The van der Waals surface area contributed by atoms with Crippen molar-refractivity contribution in [3.8, 4) is 0 Å². The minimum absolute atomic E-state index is 0.334. The highest BCUT2D eigenvalue weighted by molar-refractivity contribution is 7.87. The largest absolute Gasteiger partial charge is 0.329 e. The minimum atomic E-state index is -3.32. The maximum atomic E-state index is 12.1. The summed E-state index contributed by atoms with van der Waals surface area (Å²) in [6.07, 6.45) is 3.81. The molecule has 0 amide bonds. The number of piperidine rings is 1. The van der Waals surface area contributed by atoms with E-state index in [0.29, 0.717) is 25.6 Å². The molecule has 0 aromatic carbocycles. The monoisotopic (exact) mass is 247 g/mol. The van der Waals surface area contributed by atoms with Crippen LogP contribution in [0.1, 0.15) is 32.6 Å². The van der Waals surface area contributed by atoms with Crippen molar-refractivity contribution in [2.45, 2.75) is 38.1 Å². The van der Waals surface area contributed by atoms with Gasteiger partial charge in [-0.15, -0.1) is 0 Å². The second kappa shape index (κ2) is 4.25. The van der Waals surface area contributed by atoms with E-state index in [1.54, 1.807) is 4.31 Å². The van der Waals surface area contributed by atoms with E-state index in [1.807, 2.05) is 0 Å². The van der Waals surface area contributed by atoms with Crippen molar-refractivity contribution in [2.75, 3.05) is 19.6 Å². The molecule has 2 fully saturated rings. The maximum absolute atomic E-state index is 12.1. The average molecular weight is 247 g/mol. The van der Waals surface area contributed by atoms with Crippen LogP contribution in [0.3, 0.4) is 0 Å². The third-order valence-electron chi connectivity index (χ3n) is 3.55. The molecule has 1 saturated heterocycles. The lowest BCUT2D eigenvalue weighted by atomic mass is 10.0. The summed E-state index contributed by atoms with van der Waals surface area (Å²) < 4.78 is 28.5. The van der Waals surface area contributed by atoms with Gasteiger partial charge in [0.1, 0.15) is 0 Å². The predicted octanol–water partition coefficient (Wildman–Crippen LogP) is 0.0440. The molecule has 2 rings (SSSR count). The van der Waals surface area contributed by atoms with Crippen molar-refractivity contribution in [1.82, 2.24) is 9.03 Å². The van der Waals surface area contributed by atoms with Gasteiger partial charge in [0, 0.05) is 25.2 Å². The standard InChI is InChI=1S/C10H21N3O2S/c1-9-3-2-6-13(7-9)16(14,15)12-10(8-11)4-5-10/h9,12H,2-8,11H2,1H3. The zero-order valence-electron chi connectivity index (χ0n) is 9.78. The van der Waals surface area contributed by atoms with Crippen molar-refractivity contribution >= 4 is 10.2 Å². The number of hydrogen-bond acceptors (Lipinski definition) is 3. The van der Waals surface area contributed by atoms with Crippen molar-refractivity contribution in [3.05, 3.63) is 0 Å². The maximum Gasteiger partial charge on any atom is 0.280 e. The number of nitrogens with two attached hydrogens (primary N) is 1. The third-order valence-corrected chi connectivity index (χ3v) is 5.25. The highest BCUT2D eigenvalue weighted by Gasteiger charge is 2.46. The first-order chi connectivity index (χ1) is 7.47. The van der Waals surface area contributed by atoms with Gasteiger partial charge in [-0.25, -0.2) is 0 Å². The van der Waals surface area contributed by atoms with E-state index in [0.717, 1.165) is 25.7 Å². The summed E-state index contributed by atoms with van der Waals surface area (Å²) in [7, 11) is -3.32. The molecule has 0 spiro atoms. The summed E-state index contributed by atoms with van der Waals surface area (Å²) in [4.78, 5) is 0. The van der Waals surface area contributed by atoms with Crippen LogP contribution < -0.4 is 10.5 Å². The van der Waals surface area contributed by atoms with Crippen molar-refractivity contribution in [2.24, 2.45) is 11.7 Å². The Hall–Kier alpha value is -0.170.